The predicted molar refractivity (Wildman–Crippen MR) is 40.0 cm³/mol. The van der Waals surface area contributed by atoms with Gasteiger partial charge in [0.25, 0.3) is 0 Å². The molecule has 0 amide bonds. The molecule has 12 heavy (non-hydrogen) atoms. The Morgan fingerprint density at radius 3 is 2.50 bits per heavy atom. The van der Waals surface area contributed by atoms with Crippen LogP contribution in [-0.2, 0) is 25.8 Å². The first-order valence-corrected chi connectivity index (χ1v) is 3.69. The van der Waals surface area contributed by atoms with E-state index in [0.29, 0.717) is 0 Å². The number of rotatable bonds is 3. The summed E-state index contributed by atoms with van der Waals surface area (Å²) in [6.45, 7) is 2.22. The molecular formula is C9H13Cl2Hf-3. The topological polar surface area (TPSA) is 0 Å². The fourth-order valence-corrected chi connectivity index (χ4v) is 0.989. The molecule has 3 heteroatoms. The first-order valence-electron chi connectivity index (χ1n) is 3.69. The van der Waals surface area contributed by atoms with E-state index in [4.69, 9.17) is 0 Å². The van der Waals surface area contributed by atoms with Crippen LogP contribution in [0.3, 0.4) is 0 Å². The van der Waals surface area contributed by atoms with Crippen LogP contribution in [0.2, 0.25) is 0 Å². The quantitative estimate of drug-likeness (QED) is 0.364. The zero-order valence-electron chi connectivity index (χ0n) is 7.24. The van der Waals surface area contributed by atoms with Crippen molar-refractivity contribution in [2.75, 3.05) is 0 Å². The van der Waals surface area contributed by atoms with Gasteiger partial charge in [0, 0.05) is 25.8 Å². The monoisotopic (exact) mass is 371 g/mol. The van der Waals surface area contributed by atoms with E-state index in [1.165, 1.54) is 24.8 Å². The Labute approximate surface area is 106 Å². The van der Waals surface area contributed by atoms with Crippen LogP contribution in [-0.4, -0.2) is 0 Å². The number of allylic oxidation sites excluding steroid dienone is 4. The molecule has 0 nitrogen and oxygen atoms in total. The zero-order chi connectivity index (χ0) is 6.53. The first kappa shape index (κ1) is 18.7. The summed E-state index contributed by atoms with van der Waals surface area (Å²) in [7, 11) is 0. The Kier molecular flexibility index (Phi) is 18.6. The fourth-order valence-electron chi connectivity index (χ4n) is 0.989. The Morgan fingerprint density at radius 1 is 1.42 bits per heavy atom. The summed E-state index contributed by atoms with van der Waals surface area (Å²) in [6.07, 6.45) is 12.5. The summed E-state index contributed by atoms with van der Waals surface area (Å²) in [5.74, 6) is 0. The molecule has 0 saturated heterocycles. The second-order valence-corrected chi connectivity index (χ2v) is 2.41. The molecule has 0 atom stereocenters. The van der Waals surface area contributed by atoms with Crippen LogP contribution in [0.25, 0.3) is 0 Å². The fraction of sp³-hybridized carbons (Fsp3) is 0.556. The first-order chi connectivity index (χ1) is 4.43. The van der Waals surface area contributed by atoms with E-state index in [9.17, 15) is 0 Å². The largest absolute Gasteiger partial charge is 1.00 e. The summed E-state index contributed by atoms with van der Waals surface area (Å²) < 4.78 is 0. The molecule has 0 saturated carbocycles. The average Bonchev–Trinajstić information content (AvgIpc) is 2.34. The van der Waals surface area contributed by atoms with Crippen LogP contribution in [0.5, 0.6) is 0 Å². The van der Waals surface area contributed by atoms with E-state index in [0.717, 1.165) is 6.42 Å². The van der Waals surface area contributed by atoms with Crippen molar-refractivity contribution >= 4 is 0 Å². The van der Waals surface area contributed by atoms with Gasteiger partial charge in [-0.2, -0.15) is 6.08 Å². The third-order valence-electron chi connectivity index (χ3n) is 1.57. The van der Waals surface area contributed by atoms with Crippen LogP contribution in [0, 0.1) is 6.08 Å². The van der Waals surface area contributed by atoms with Gasteiger partial charge >= 0.3 is 0 Å². The molecule has 70 valence electrons. The molecule has 0 heterocycles. The zero-order valence-corrected chi connectivity index (χ0v) is 12.3. The van der Waals surface area contributed by atoms with Crippen molar-refractivity contribution in [3.8, 4) is 0 Å². The molecule has 0 aromatic rings. The van der Waals surface area contributed by atoms with Gasteiger partial charge in [-0.1, -0.05) is 26.2 Å². The van der Waals surface area contributed by atoms with Crippen LogP contribution in [0.1, 0.15) is 32.6 Å². The number of hydrogen-bond donors (Lipinski definition) is 0. The second-order valence-electron chi connectivity index (χ2n) is 2.41. The van der Waals surface area contributed by atoms with Gasteiger partial charge in [0.2, 0.25) is 0 Å². The van der Waals surface area contributed by atoms with Gasteiger partial charge in [0.15, 0.2) is 0 Å². The van der Waals surface area contributed by atoms with Crippen LogP contribution >= 0.6 is 0 Å². The normalized spacial score (nSPS) is 12.2. The Balaban J connectivity index is -0.000000270. The summed E-state index contributed by atoms with van der Waals surface area (Å²) in [5, 5.41) is 0. The van der Waals surface area contributed by atoms with Crippen molar-refractivity contribution < 1.29 is 50.7 Å². The van der Waals surface area contributed by atoms with Crippen molar-refractivity contribution in [1.29, 1.82) is 0 Å². The smallest absolute Gasteiger partial charge is 0 e. The minimum atomic E-state index is 0. The molecule has 1 aliphatic carbocycles. The molecule has 0 bridgehead atoms. The summed E-state index contributed by atoms with van der Waals surface area (Å²) >= 11 is 0. The molecule has 0 aromatic carbocycles. The van der Waals surface area contributed by atoms with Crippen molar-refractivity contribution in [3.05, 3.63) is 23.8 Å². The van der Waals surface area contributed by atoms with Crippen molar-refractivity contribution in [2.24, 2.45) is 0 Å². The standard InChI is InChI=1S/C9H13.2ClH.Hf/c1-2-3-6-9-7-4-5-8-9;;;/h4,7H,2-3,5-6H2,1H3;2*1H;/q-1;;;/p-2. The molecule has 0 spiro atoms. The third-order valence-corrected chi connectivity index (χ3v) is 1.57. The van der Waals surface area contributed by atoms with Gasteiger partial charge in [0.05, 0.1) is 0 Å². The molecule has 1 aliphatic rings. The van der Waals surface area contributed by atoms with Gasteiger partial charge in [-0.15, -0.1) is 6.42 Å². The van der Waals surface area contributed by atoms with E-state index < -0.39 is 0 Å². The number of hydrogen-bond acceptors (Lipinski definition) is 0. The minimum absolute atomic E-state index is 0. The minimum Gasteiger partial charge on any atom is -1.00 e. The number of unbranched alkanes of at least 4 members (excludes halogenated alkanes) is 1. The van der Waals surface area contributed by atoms with Crippen molar-refractivity contribution in [3.63, 3.8) is 0 Å². The predicted octanol–water partition coefficient (Wildman–Crippen LogP) is -3.13. The Bertz CT molecular complexity index is 141. The van der Waals surface area contributed by atoms with Crippen LogP contribution in [0.15, 0.2) is 17.7 Å². The van der Waals surface area contributed by atoms with E-state index in [-0.39, 0.29) is 50.7 Å². The van der Waals surface area contributed by atoms with Gasteiger partial charge in [-0.25, -0.2) is 11.6 Å². The maximum absolute atomic E-state index is 3.30. The molecule has 1 rings (SSSR count). The van der Waals surface area contributed by atoms with E-state index >= 15 is 0 Å². The molecule has 0 N–H and O–H groups in total. The summed E-state index contributed by atoms with van der Waals surface area (Å²) in [4.78, 5) is 0. The van der Waals surface area contributed by atoms with E-state index in [1.807, 2.05) is 0 Å². The maximum Gasteiger partial charge on any atom is 0 e. The molecular weight excluding hydrogens is 357 g/mol. The van der Waals surface area contributed by atoms with Crippen molar-refractivity contribution in [2.45, 2.75) is 32.6 Å². The van der Waals surface area contributed by atoms with Gasteiger partial charge in [-0.05, 0) is 0 Å². The van der Waals surface area contributed by atoms with Crippen LogP contribution < -0.4 is 24.8 Å². The van der Waals surface area contributed by atoms with E-state index in [1.54, 1.807) is 0 Å². The van der Waals surface area contributed by atoms with Crippen molar-refractivity contribution in [1.82, 2.24) is 0 Å². The Hall–Kier alpha value is 0.930. The SMILES string of the molecule is CCCCC1=[C-]CC=C1.[Cl-].[Cl-].[Hf]. The molecule has 0 radical (unpaired) electrons. The van der Waals surface area contributed by atoms with E-state index in [2.05, 4.69) is 25.2 Å². The van der Waals surface area contributed by atoms with Crippen LogP contribution in [0.4, 0.5) is 0 Å². The molecule has 0 fully saturated rings. The number of halogens is 2. The Morgan fingerprint density at radius 2 is 2.08 bits per heavy atom. The maximum atomic E-state index is 3.30. The third kappa shape index (κ3) is 7.57. The molecule has 0 aliphatic heterocycles. The van der Waals surface area contributed by atoms with Gasteiger partial charge in [0.1, 0.15) is 0 Å². The summed E-state index contributed by atoms with van der Waals surface area (Å²) in [6, 6.07) is 0. The average molecular weight is 371 g/mol. The van der Waals surface area contributed by atoms with Gasteiger partial charge < -0.3 is 24.8 Å². The molecule has 0 aromatic heterocycles. The second kappa shape index (κ2) is 11.9. The molecule has 0 unspecified atom stereocenters. The van der Waals surface area contributed by atoms with Gasteiger partial charge in [-0.3, -0.25) is 6.08 Å². The summed E-state index contributed by atoms with van der Waals surface area (Å²) in [5.41, 5.74) is 1.41.